The molecule has 3 nitrogen and oxygen atoms in total. The molecule has 0 aromatic carbocycles. The zero-order chi connectivity index (χ0) is 10.7. The van der Waals surface area contributed by atoms with E-state index in [1.54, 1.807) is 11.8 Å². The van der Waals surface area contributed by atoms with E-state index in [0.717, 1.165) is 6.42 Å². The van der Waals surface area contributed by atoms with E-state index in [-0.39, 0.29) is 17.9 Å². The van der Waals surface area contributed by atoms with Crippen LogP contribution in [0.4, 0.5) is 0 Å². The van der Waals surface area contributed by atoms with E-state index in [0.29, 0.717) is 19.5 Å². The maximum Gasteiger partial charge on any atom is 0.240 e. The quantitative estimate of drug-likeness (QED) is 0.710. The second kappa shape index (κ2) is 4.99. The summed E-state index contributed by atoms with van der Waals surface area (Å²) in [6, 6.07) is 0. The van der Waals surface area contributed by atoms with Crippen molar-refractivity contribution < 1.29 is 9.90 Å². The van der Waals surface area contributed by atoms with Crippen molar-refractivity contribution in [1.82, 2.24) is 4.90 Å². The average Bonchev–Trinajstić information content (AvgIpc) is 2.17. The van der Waals surface area contributed by atoms with Gasteiger partial charge in [0.1, 0.15) is 5.38 Å². The van der Waals surface area contributed by atoms with E-state index in [1.807, 2.05) is 6.92 Å². The van der Waals surface area contributed by atoms with Gasteiger partial charge < -0.3 is 10.0 Å². The van der Waals surface area contributed by atoms with E-state index in [9.17, 15) is 9.90 Å². The lowest BCUT2D eigenvalue weighted by Gasteiger charge is -2.36. The van der Waals surface area contributed by atoms with E-state index >= 15 is 0 Å². The molecule has 14 heavy (non-hydrogen) atoms. The monoisotopic (exact) mass is 219 g/mol. The Kier molecular flexibility index (Phi) is 4.20. The molecule has 0 bridgehead atoms. The second-order valence-corrected chi connectivity index (χ2v) is 4.58. The van der Waals surface area contributed by atoms with Gasteiger partial charge in [0, 0.05) is 19.0 Å². The van der Waals surface area contributed by atoms with Crippen LogP contribution in [0.2, 0.25) is 0 Å². The maximum atomic E-state index is 11.6. The molecule has 1 saturated heterocycles. The van der Waals surface area contributed by atoms with Crippen molar-refractivity contribution in [3.05, 3.63) is 0 Å². The summed E-state index contributed by atoms with van der Waals surface area (Å²) in [5, 5.41) is 9.18. The van der Waals surface area contributed by atoms with Gasteiger partial charge in [0.05, 0.1) is 6.10 Å². The van der Waals surface area contributed by atoms with Crippen LogP contribution in [-0.2, 0) is 4.79 Å². The fourth-order valence-electron chi connectivity index (χ4n) is 1.87. The fraction of sp³-hybridized carbons (Fsp3) is 0.900. The summed E-state index contributed by atoms with van der Waals surface area (Å²) in [7, 11) is 0. The Morgan fingerprint density at radius 2 is 2.36 bits per heavy atom. The van der Waals surface area contributed by atoms with E-state index in [1.165, 1.54) is 0 Å². The normalized spacial score (nSPS) is 30.1. The Morgan fingerprint density at radius 1 is 1.71 bits per heavy atom. The lowest BCUT2D eigenvalue weighted by atomic mass is 9.92. The molecule has 1 rings (SSSR count). The van der Waals surface area contributed by atoms with Gasteiger partial charge in [0.15, 0.2) is 0 Å². The fourth-order valence-corrected chi connectivity index (χ4v) is 2.01. The third-order valence-corrected chi connectivity index (χ3v) is 3.06. The van der Waals surface area contributed by atoms with Crippen molar-refractivity contribution in [3.8, 4) is 0 Å². The highest BCUT2D eigenvalue weighted by molar-refractivity contribution is 6.30. The molecule has 1 fully saturated rings. The van der Waals surface area contributed by atoms with E-state index in [4.69, 9.17) is 11.6 Å². The molecule has 1 aliphatic rings. The number of alkyl halides is 1. The molecule has 1 amide bonds. The third kappa shape index (κ3) is 2.61. The molecule has 1 N–H and O–H groups in total. The summed E-state index contributed by atoms with van der Waals surface area (Å²) < 4.78 is 0. The SMILES string of the molecule is CC[C@@H]1CN(C(=O)[C@H](C)Cl)CC[C@H]1O. The average molecular weight is 220 g/mol. The number of carbonyl (C=O) groups is 1. The molecule has 0 radical (unpaired) electrons. The van der Waals surface area contributed by atoms with E-state index < -0.39 is 5.38 Å². The lowest BCUT2D eigenvalue weighted by molar-refractivity contribution is -0.134. The molecule has 1 heterocycles. The number of carbonyl (C=O) groups excluding carboxylic acids is 1. The third-order valence-electron chi connectivity index (χ3n) is 2.87. The van der Waals surface area contributed by atoms with Crippen molar-refractivity contribution in [2.45, 2.75) is 38.2 Å². The molecule has 0 aromatic rings. The van der Waals surface area contributed by atoms with Crippen LogP contribution in [0.25, 0.3) is 0 Å². The minimum Gasteiger partial charge on any atom is -0.393 e. The molecule has 82 valence electrons. The van der Waals surface area contributed by atoms with Crippen LogP contribution in [0, 0.1) is 5.92 Å². The Balaban J connectivity index is 2.54. The summed E-state index contributed by atoms with van der Waals surface area (Å²) in [6.07, 6.45) is 1.32. The van der Waals surface area contributed by atoms with Crippen LogP contribution in [0.15, 0.2) is 0 Å². The van der Waals surface area contributed by atoms with Crippen molar-refractivity contribution >= 4 is 17.5 Å². The minimum absolute atomic E-state index is 0.0167. The van der Waals surface area contributed by atoms with Crippen molar-refractivity contribution in [2.75, 3.05) is 13.1 Å². The van der Waals surface area contributed by atoms with Crippen LogP contribution < -0.4 is 0 Å². The minimum atomic E-state index is -0.456. The Bertz CT molecular complexity index is 208. The topological polar surface area (TPSA) is 40.5 Å². The van der Waals surface area contributed by atoms with Gasteiger partial charge in [-0.15, -0.1) is 11.6 Å². The van der Waals surface area contributed by atoms with Gasteiger partial charge in [-0.1, -0.05) is 6.92 Å². The number of aliphatic hydroxyl groups excluding tert-OH is 1. The van der Waals surface area contributed by atoms with Gasteiger partial charge >= 0.3 is 0 Å². The number of hydrogen-bond donors (Lipinski definition) is 1. The van der Waals surface area contributed by atoms with Gasteiger partial charge in [0.2, 0.25) is 5.91 Å². The smallest absolute Gasteiger partial charge is 0.240 e. The van der Waals surface area contributed by atoms with Crippen LogP contribution in [0.1, 0.15) is 26.7 Å². The number of hydrogen-bond acceptors (Lipinski definition) is 2. The lowest BCUT2D eigenvalue weighted by Crippen LogP contribution is -2.47. The summed E-state index contributed by atoms with van der Waals surface area (Å²) >= 11 is 5.74. The molecule has 1 aliphatic heterocycles. The number of rotatable bonds is 2. The highest BCUT2D eigenvalue weighted by atomic mass is 35.5. The van der Waals surface area contributed by atoms with Crippen LogP contribution in [0.5, 0.6) is 0 Å². The van der Waals surface area contributed by atoms with Crippen LogP contribution in [0.3, 0.4) is 0 Å². The van der Waals surface area contributed by atoms with Crippen molar-refractivity contribution in [1.29, 1.82) is 0 Å². The summed E-state index contributed by atoms with van der Waals surface area (Å²) in [5.74, 6) is 0.195. The first-order valence-corrected chi connectivity index (χ1v) is 5.60. The number of halogens is 1. The predicted octanol–water partition coefficient (Wildman–Crippen LogP) is 1.23. The largest absolute Gasteiger partial charge is 0.393 e. The summed E-state index contributed by atoms with van der Waals surface area (Å²) in [4.78, 5) is 13.3. The zero-order valence-electron chi connectivity index (χ0n) is 8.74. The van der Waals surface area contributed by atoms with Gasteiger partial charge in [0.25, 0.3) is 0 Å². The summed E-state index contributed by atoms with van der Waals surface area (Å²) in [5.41, 5.74) is 0. The van der Waals surface area contributed by atoms with Crippen LogP contribution >= 0.6 is 11.6 Å². The maximum absolute atomic E-state index is 11.6. The Hall–Kier alpha value is -0.280. The first kappa shape index (κ1) is 11.8. The first-order valence-electron chi connectivity index (χ1n) is 5.17. The Morgan fingerprint density at radius 3 is 2.86 bits per heavy atom. The van der Waals surface area contributed by atoms with Gasteiger partial charge in [-0.25, -0.2) is 0 Å². The van der Waals surface area contributed by atoms with Crippen molar-refractivity contribution in [2.24, 2.45) is 5.92 Å². The molecule has 4 heteroatoms. The molecule has 3 atom stereocenters. The molecule has 0 saturated carbocycles. The molecule has 0 spiro atoms. The molecular formula is C10H18ClNO2. The first-order chi connectivity index (χ1) is 6.56. The molecule has 0 aromatic heterocycles. The van der Waals surface area contributed by atoms with Gasteiger partial charge in [-0.2, -0.15) is 0 Å². The highest BCUT2D eigenvalue weighted by Crippen LogP contribution is 2.21. The number of amides is 1. The predicted molar refractivity (Wildman–Crippen MR) is 56.3 cm³/mol. The number of piperidine rings is 1. The van der Waals surface area contributed by atoms with Gasteiger partial charge in [-0.3, -0.25) is 4.79 Å². The summed E-state index contributed by atoms with van der Waals surface area (Å²) in [6.45, 7) is 5.00. The molecular weight excluding hydrogens is 202 g/mol. The standard InChI is InChI=1S/C10H18ClNO2/c1-3-8-6-12(5-4-9(8)13)10(14)7(2)11/h7-9,13H,3-6H2,1-2H3/t7-,8+,9+/m0/s1. The molecule has 0 unspecified atom stereocenters. The van der Waals surface area contributed by atoms with Crippen LogP contribution in [-0.4, -0.2) is 40.5 Å². The Labute approximate surface area is 90.0 Å². The van der Waals surface area contributed by atoms with Gasteiger partial charge in [-0.05, 0) is 19.8 Å². The molecule has 0 aliphatic carbocycles. The number of nitrogens with zero attached hydrogens (tertiary/aromatic N) is 1. The second-order valence-electron chi connectivity index (χ2n) is 3.92. The van der Waals surface area contributed by atoms with Crippen molar-refractivity contribution in [3.63, 3.8) is 0 Å². The number of likely N-dealkylation sites (tertiary alicyclic amines) is 1. The number of aliphatic hydroxyl groups is 1. The highest BCUT2D eigenvalue weighted by Gasteiger charge is 2.30. The van der Waals surface area contributed by atoms with E-state index in [2.05, 4.69) is 0 Å². The zero-order valence-corrected chi connectivity index (χ0v) is 9.50.